The Morgan fingerprint density at radius 3 is 1.66 bits per heavy atom. The molecule has 0 atom stereocenters. The van der Waals surface area contributed by atoms with Crippen molar-refractivity contribution >= 4 is 34.6 Å². The van der Waals surface area contributed by atoms with E-state index in [9.17, 15) is 9.59 Å². The maximum absolute atomic E-state index is 12.6. The van der Waals surface area contributed by atoms with Gasteiger partial charge in [-0.25, -0.2) is 0 Å². The van der Waals surface area contributed by atoms with Gasteiger partial charge in [0.25, 0.3) is 11.8 Å². The Hall–Kier alpha value is -3.80. The summed E-state index contributed by atoms with van der Waals surface area (Å²) in [5, 5.41) is 5.76. The first-order valence-corrected chi connectivity index (χ1v) is 9.20. The van der Waals surface area contributed by atoms with Gasteiger partial charge < -0.3 is 22.1 Å². The Morgan fingerprint density at radius 2 is 1.14 bits per heavy atom. The van der Waals surface area contributed by atoms with E-state index in [0.29, 0.717) is 33.9 Å². The van der Waals surface area contributed by atoms with Crippen molar-refractivity contribution in [2.75, 3.05) is 22.1 Å². The number of nitrogens with one attached hydrogen (secondary N) is 2. The van der Waals surface area contributed by atoms with Crippen LogP contribution in [-0.2, 0) is 0 Å². The molecule has 0 aromatic heterocycles. The summed E-state index contributed by atoms with van der Waals surface area (Å²) < 4.78 is 0. The summed E-state index contributed by atoms with van der Waals surface area (Å²) in [4.78, 5) is 25.1. The summed E-state index contributed by atoms with van der Waals surface area (Å²) in [5.41, 5.74) is 17.7. The van der Waals surface area contributed by atoms with Gasteiger partial charge in [0.15, 0.2) is 0 Å². The van der Waals surface area contributed by atoms with E-state index in [-0.39, 0.29) is 11.8 Å². The van der Waals surface area contributed by atoms with Gasteiger partial charge in [0, 0.05) is 33.9 Å². The highest BCUT2D eigenvalue weighted by molar-refractivity contribution is 6.07. The highest BCUT2D eigenvalue weighted by Crippen LogP contribution is 2.22. The summed E-state index contributed by atoms with van der Waals surface area (Å²) in [7, 11) is 0. The van der Waals surface area contributed by atoms with Crippen molar-refractivity contribution in [3.63, 3.8) is 0 Å². The van der Waals surface area contributed by atoms with Crippen molar-refractivity contribution in [1.29, 1.82) is 0 Å². The lowest BCUT2D eigenvalue weighted by atomic mass is 10.1. The Balaban J connectivity index is 1.74. The number of anilines is 4. The second-order valence-electron chi connectivity index (χ2n) is 7.08. The molecule has 3 aromatic rings. The molecule has 29 heavy (non-hydrogen) atoms. The van der Waals surface area contributed by atoms with Gasteiger partial charge in [-0.15, -0.1) is 0 Å². The van der Waals surface area contributed by atoms with Gasteiger partial charge in [0.05, 0.1) is 0 Å². The first-order valence-electron chi connectivity index (χ1n) is 9.20. The van der Waals surface area contributed by atoms with Gasteiger partial charge in [-0.3, -0.25) is 9.59 Å². The molecule has 0 aliphatic heterocycles. The number of rotatable bonds is 4. The van der Waals surface area contributed by atoms with Crippen LogP contribution in [0.15, 0.2) is 54.6 Å². The Kier molecular flexibility index (Phi) is 5.54. The second-order valence-corrected chi connectivity index (χ2v) is 7.08. The fraction of sp³-hybridized carbons (Fsp3) is 0.130. The van der Waals surface area contributed by atoms with E-state index in [1.54, 1.807) is 54.6 Å². The number of carbonyl (C=O) groups is 2. The molecule has 0 saturated heterocycles. The third-order valence-electron chi connectivity index (χ3n) is 4.77. The molecule has 0 heterocycles. The standard InChI is InChI=1S/C23H24N4O2/c1-13-10-16(4-7-19(13)25)22(28)26-20-8-5-17(11-14(20)2)23(29)27-21-9-6-18(24)12-15(21)3/h4-12H,24-25H2,1-3H3,(H,26,28)(H,27,29). The second kappa shape index (κ2) is 8.06. The van der Waals surface area contributed by atoms with E-state index < -0.39 is 0 Å². The summed E-state index contributed by atoms with van der Waals surface area (Å²) in [5.74, 6) is -0.459. The maximum atomic E-state index is 12.6. The van der Waals surface area contributed by atoms with Crippen LogP contribution in [0.4, 0.5) is 22.7 Å². The molecular formula is C23H24N4O2. The quantitative estimate of drug-likeness (QED) is 0.500. The molecule has 6 N–H and O–H groups in total. The molecule has 0 bridgehead atoms. The van der Waals surface area contributed by atoms with Crippen molar-refractivity contribution in [3.05, 3.63) is 82.4 Å². The van der Waals surface area contributed by atoms with Crippen LogP contribution in [0.1, 0.15) is 37.4 Å². The molecule has 6 nitrogen and oxygen atoms in total. The van der Waals surface area contributed by atoms with Crippen LogP contribution in [0.25, 0.3) is 0 Å². The van der Waals surface area contributed by atoms with Crippen LogP contribution in [0.3, 0.4) is 0 Å². The fourth-order valence-electron chi connectivity index (χ4n) is 2.98. The first-order chi connectivity index (χ1) is 13.7. The zero-order valence-electron chi connectivity index (χ0n) is 16.7. The average molecular weight is 388 g/mol. The van der Waals surface area contributed by atoms with E-state index in [0.717, 1.165) is 16.7 Å². The third kappa shape index (κ3) is 4.55. The number of aryl methyl sites for hydroxylation is 3. The molecule has 0 aliphatic rings. The van der Waals surface area contributed by atoms with Gasteiger partial charge in [-0.05, 0) is 92.1 Å². The summed E-state index contributed by atoms with van der Waals surface area (Å²) >= 11 is 0. The van der Waals surface area contributed by atoms with E-state index >= 15 is 0 Å². The minimum absolute atomic E-state index is 0.229. The molecule has 148 valence electrons. The molecule has 0 spiro atoms. The van der Waals surface area contributed by atoms with Crippen LogP contribution >= 0.6 is 0 Å². The van der Waals surface area contributed by atoms with Crippen LogP contribution in [0.2, 0.25) is 0 Å². The van der Waals surface area contributed by atoms with Gasteiger partial charge in [0.1, 0.15) is 0 Å². The lowest BCUT2D eigenvalue weighted by molar-refractivity contribution is 0.102. The van der Waals surface area contributed by atoms with Gasteiger partial charge in [0.2, 0.25) is 0 Å². The lowest BCUT2D eigenvalue weighted by Crippen LogP contribution is -2.15. The van der Waals surface area contributed by atoms with Crippen molar-refractivity contribution in [2.45, 2.75) is 20.8 Å². The molecular weight excluding hydrogens is 364 g/mol. The maximum Gasteiger partial charge on any atom is 0.255 e. The summed E-state index contributed by atoms with van der Waals surface area (Å²) in [6.07, 6.45) is 0. The SMILES string of the molecule is Cc1cc(C(=O)Nc2ccc(C(=O)Nc3ccc(N)cc3C)cc2C)ccc1N. The predicted octanol–water partition coefficient (Wildman–Crippen LogP) is 4.28. The van der Waals surface area contributed by atoms with E-state index in [1.165, 1.54) is 0 Å². The molecule has 6 heteroatoms. The van der Waals surface area contributed by atoms with Crippen molar-refractivity contribution < 1.29 is 9.59 Å². The Bertz CT molecular complexity index is 1110. The minimum atomic E-state index is -0.231. The molecule has 0 fully saturated rings. The third-order valence-corrected chi connectivity index (χ3v) is 4.77. The number of hydrogen-bond acceptors (Lipinski definition) is 4. The Morgan fingerprint density at radius 1 is 0.655 bits per heavy atom. The fourth-order valence-corrected chi connectivity index (χ4v) is 2.98. The predicted molar refractivity (Wildman–Crippen MR) is 118 cm³/mol. The van der Waals surface area contributed by atoms with Crippen LogP contribution < -0.4 is 22.1 Å². The zero-order valence-corrected chi connectivity index (χ0v) is 16.7. The minimum Gasteiger partial charge on any atom is -0.399 e. The van der Waals surface area contributed by atoms with Crippen molar-refractivity contribution in [3.8, 4) is 0 Å². The monoisotopic (exact) mass is 388 g/mol. The molecule has 0 unspecified atom stereocenters. The molecule has 2 amide bonds. The largest absolute Gasteiger partial charge is 0.399 e. The smallest absolute Gasteiger partial charge is 0.255 e. The molecule has 0 radical (unpaired) electrons. The van der Waals surface area contributed by atoms with Crippen LogP contribution in [0.5, 0.6) is 0 Å². The topological polar surface area (TPSA) is 110 Å². The highest BCUT2D eigenvalue weighted by atomic mass is 16.2. The molecule has 3 aromatic carbocycles. The lowest BCUT2D eigenvalue weighted by Gasteiger charge is -2.12. The van der Waals surface area contributed by atoms with Crippen molar-refractivity contribution in [1.82, 2.24) is 0 Å². The van der Waals surface area contributed by atoms with E-state index in [4.69, 9.17) is 11.5 Å². The number of nitrogen functional groups attached to an aromatic ring is 2. The van der Waals surface area contributed by atoms with E-state index in [2.05, 4.69) is 10.6 Å². The average Bonchev–Trinajstić information content (AvgIpc) is 2.67. The summed E-state index contributed by atoms with van der Waals surface area (Å²) in [6, 6.07) is 15.6. The molecule has 3 rings (SSSR count). The summed E-state index contributed by atoms with van der Waals surface area (Å²) in [6.45, 7) is 5.58. The Labute approximate surface area is 169 Å². The zero-order chi connectivity index (χ0) is 21.1. The van der Waals surface area contributed by atoms with Gasteiger partial charge >= 0.3 is 0 Å². The molecule has 0 aliphatic carbocycles. The van der Waals surface area contributed by atoms with Gasteiger partial charge in [-0.1, -0.05) is 0 Å². The van der Waals surface area contributed by atoms with E-state index in [1.807, 2.05) is 20.8 Å². The number of nitrogens with two attached hydrogens (primary N) is 2. The number of amides is 2. The molecule has 0 saturated carbocycles. The normalized spacial score (nSPS) is 10.4. The van der Waals surface area contributed by atoms with Crippen LogP contribution in [0, 0.1) is 20.8 Å². The number of benzene rings is 3. The van der Waals surface area contributed by atoms with Crippen molar-refractivity contribution in [2.24, 2.45) is 0 Å². The highest BCUT2D eigenvalue weighted by Gasteiger charge is 2.12. The van der Waals surface area contributed by atoms with Crippen LogP contribution in [-0.4, -0.2) is 11.8 Å². The number of carbonyl (C=O) groups excluding carboxylic acids is 2. The first kappa shape index (κ1) is 19.9. The van der Waals surface area contributed by atoms with Gasteiger partial charge in [-0.2, -0.15) is 0 Å². The number of hydrogen-bond donors (Lipinski definition) is 4.